The number of aromatic nitrogens is 3. The second-order valence-corrected chi connectivity index (χ2v) is 8.37. The van der Waals surface area contributed by atoms with Crippen molar-refractivity contribution in [1.29, 1.82) is 0 Å². The number of nitrogens with zero attached hydrogens (tertiary/aromatic N) is 3. The number of benzene rings is 2. The van der Waals surface area contributed by atoms with E-state index in [0.29, 0.717) is 11.3 Å². The Bertz CT molecular complexity index is 1280. The van der Waals surface area contributed by atoms with Gasteiger partial charge in [0, 0.05) is 30.1 Å². The molecule has 5 nitrogen and oxygen atoms in total. The molecule has 1 aliphatic heterocycles. The van der Waals surface area contributed by atoms with Gasteiger partial charge in [0.1, 0.15) is 23.9 Å². The zero-order chi connectivity index (χ0) is 22.9. The minimum Gasteiger partial charge on any atom is -0.489 e. The van der Waals surface area contributed by atoms with Gasteiger partial charge >= 0.3 is 0 Å². The fraction of sp³-hybridized carbons (Fsp3) is 0.231. The largest absolute Gasteiger partial charge is 0.489 e. The maximum Gasteiger partial charge on any atom is 0.165 e. The zero-order valence-electron chi connectivity index (χ0n) is 18.5. The number of hydrogen-bond acceptors (Lipinski definition) is 4. The van der Waals surface area contributed by atoms with Crippen LogP contribution in [0.15, 0.2) is 60.9 Å². The zero-order valence-corrected chi connectivity index (χ0v) is 18.5. The first-order valence-corrected chi connectivity index (χ1v) is 11.0. The normalized spacial score (nSPS) is 12.6. The summed E-state index contributed by atoms with van der Waals surface area (Å²) in [6.45, 7) is 5.27. The van der Waals surface area contributed by atoms with E-state index in [0.717, 1.165) is 41.3 Å². The minimum absolute atomic E-state index is 0.0481. The predicted molar refractivity (Wildman–Crippen MR) is 124 cm³/mol. The van der Waals surface area contributed by atoms with Crippen molar-refractivity contribution >= 4 is 5.82 Å². The minimum atomic E-state index is -0.846. The van der Waals surface area contributed by atoms with Gasteiger partial charge in [-0.05, 0) is 41.3 Å². The summed E-state index contributed by atoms with van der Waals surface area (Å²) in [4.78, 5) is 4.10. The molecule has 1 N–H and O–H groups in total. The van der Waals surface area contributed by atoms with Crippen LogP contribution in [-0.2, 0) is 13.2 Å². The molecule has 0 atom stereocenters. The molecule has 5 rings (SSSR count). The quantitative estimate of drug-likeness (QED) is 0.394. The maximum absolute atomic E-state index is 14.4. The van der Waals surface area contributed by atoms with Crippen molar-refractivity contribution < 1.29 is 13.5 Å². The first kappa shape index (κ1) is 21.1. The van der Waals surface area contributed by atoms with Crippen LogP contribution in [-0.4, -0.2) is 21.3 Å². The topological polar surface area (TPSA) is 52.0 Å². The highest BCUT2D eigenvalue weighted by molar-refractivity contribution is 5.89. The van der Waals surface area contributed by atoms with E-state index < -0.39 is 11.6 Å². The smallest absolute Gasteiger partial charge is 0.165 e. The van der Waals surface area contributed by atoms with Gasteiger partial charge in [0.15, 0.2) is 11.6 Å². The first-order chi connectivity index (χ1) is 16.0. The third kappa shape index (κ3) is 3.95. The highest BCUT2D eigenvalue weighted by Gasteiger charge is 2.23. The summed E-state index contributed by atoms with van der Waals surface area (Å²) in [5.41, 5.74) is 4.45. The summed E-state index contributed by atoms with van der Waals surface area (Å²) in [6.07, 6.45) is 3.51. The fourth-order valence-electron chi connectivity index (χ4n) is 4.11. The Morgan fingerprint density at radius 1 is 0.970 bits per heavy atom. The van der Waals surface area contributed by atoms with Gasteiger partial charge < -0.3 is 10.1 Å². The Morgan fingerprint density at radius 3 is 2.45 bits per heavy atom. The fourth-order valence-corrected chi connectivity index (χ4v) is 4.11. The van der Waals surface area contributed by atoms with E-state index >= 15 is 0 Å². The number of pyridine rings is 1. The van der Waals surface area contributed by atoms with Gasteiger partial charge in [-0.25, -0.2) is 13.5 Å². The van der Waals surface area contributed by atoms with E-state index in [1.54, 1.807) is 24.5 Å². The Kier molecular flexibility index (Phi) is 5.54. The molecule has 0 radical (unpaired) electrons. The van der Waals surface area contributed by atoms with Crippen LogP contribution in [0.3, 0.4) is 0 Å². The molecule has 4 aromatic rings. The lowest BCUT2D eigenvalue weighted by Gasteiger charge is -2.12. The molecule has 0 saturated heterocycles. The second-order valence-electron chi connectivity index (χ2n) is 8.37. The van der Waals surface area contributed by atoms with Crippen LogP contribution in [0.4, 0.5) is 14.6 Å². The number of hydrogen-bond donors (Lipinski definition) is 1. The molecule has 7 heteroatoms. The molecule has 0 aliphatic carbocycles. The highest BCUT2D eigenvalue weighted by Crippen LogP contribution is 2.39. The summed E-state index contributed by atoms with van der Waals surface area (Å²) in [7, 11) is 0. The number of nitrogens with one attached hydrogen (secondary N) is 1. The summed E-state index contributed by atoms with van der Waals surface area (Å²) in [6, 6.07) is 14.7. The molecule has 2 aromatic carbocycles. The summed E-state index contributed by atoms with van der Waals surface area (Å²) in [5, 5.41) is 8.21. The van der Waals surface area contributed by atoms with Gasteiger partial charge in [-0.2, -0.15) is 5.10 Å². The monoisotopic (exact) mass is 446 g/mol. The highest BCUT2D eigenvalue weighted by atomic mass is 19.2. The van der Waals surface area contributed by atoms with Gasteiger partial charge in [0.2, 0.25) is 0 Å². The number of halogens is 2. The van der Waals surface area contributed by atoms with Crippen LogP contribution >= 0.6 is 0 Å². The molecule has 0 fully saturated rings. The molecule has 1 aliphatic rings. The van der Waals surface area contributed by atoms with Crippen LogP contribution in [0.2, 0.25) is 0 Å². The molecule has 33 heavy (non-hydrogen) atoms. The average molecular weight is 447 g/mol. The molecule has 0 amide bonds. The molecular weight excluding hydrogens is 422 g/mol. The number of ether oxygens (including phenoxy) is 1. The SMILES string of the molecule is CC(C)c1ccc(COc2ccc(-c3c(-c4ccncc4)nn4c3NCC4)cc2)c(F)c1F. The summed E-state index contributed by atoms with van der Waals surface area (Å²) >= 11 is 0. The van der Waals surface area contributed by atoms with Crippen LogP contribution in [0, 0.1) is 11.6 Å². The summed E-state index contributed by atoms with van der Waals surface area (Å²) in [5.74, 6) is -0.167. The van der Waals surface area contributed by atoms with Crippen molar-refractivity contribution in [3.8, 4) is 28.1 Å². The lowest BCUT2D eigenvalue weighted by Crippen LogP contribution is -2.04. The second kappa shape index (κ2) is 8.65. The van der Waals surface area contributed by atoms with Crippen molar-refractivity contribution in [2.45, 2.75) is 32.9 Å². The Balaban J connectivity index is 1.39. The van der Waals surface area contributed by atoms with Gasteiger partial charge in [-0.1, -0.05) is 38.1 Å². The molecule has 2 aromatic heterocycles. The maximum atomic E-state index is 14.4. The third-order valence-corrected chi connectivity index (χ3v) is 5.87. The van der Waals surface area contributed by atoms with Gasteiger partial charge in [0.25, 0.3) is 0 Å². The molecule has 0 unspecified atom stereocenters. The van der Waals surface area contributed by atoms with E-state index in [1.165, 1.54) is 0 Å². The van der Waals surface area contributed by atoms with Gasteiger partial charge in [-0.3, -0.25) is 4.98 Å². The molecule has 168 valence electrons. The first-order valence-electron chi connectivity index (χ1n) is 11.0. The van der Waals surface area contributed by atoms with Crippen LogP contribution in [0.5, 0.6) is 5.75 Å². The van der Waals surface area contributed by atoms with Crippen LogP contribution < -0.4 is 10.1 Å². The molecule has 0 spiro atoms. The lowest BCUT2D eigenvalue weighted by molar-refractivity contribution is 0.297. The Hall–Kier alpha value is -3.74. The molecule has 0 bridgehead atoms. The van der Waals surface area contributed by atoms with Gasteiger partial charge in [0.05, 0.1) is 12.1 Å². The van der Waals surface area contributed by atoms with Crippen molar-refractivity contribution in [3.05, 3.63) is 83.7 Å². The predicted octanol–water partition coefficient (Wildman–Crippen LogP) is 6.02. The van der Waals surface area contributed by atoms with Crippen molar-refractivity contribution in [3.63, 3.8) is 0 Å². The number of fused-ring (bicyclic) bond motifs is 1. The Morgan fingerprint density at radius 2 is 1.73 bits per heavy atom. The standard InChI is InChI=1S/C26H24F2N4O/c1-16(2)21-8-5-19(23(27)24(21)28)15-33-20-6-3-17(4-7-20)22-25(18-9-11-29-12-10-18)31-32-14-13-30-26(22)32/h3-12,16,30H,13-15H2,1-2H3. The van der Waals surface area contributed by atoms with E-state index in [2.05, 4.69) is 10.3 Å². The van der Waals surface area contributed by atoms with E-state index in [1.807, 2.05) is 54.9 Å². The van der Waals surface area contributed by atoms with E-state index in [-0.39, 0.29) is 18.1 Å². The number of anilines is 1. The molecule has 0 saturated carbocycles. The van der Waals surface area contributed by atoms with Crippen molar-refractivity contribution in [2.75, 3.05) is 11.9 Å². The van der Waals surface area contributed by atoms with Gasteiger partial charge in [-0.15, -0.1) is 0 Å². The number of rotatable bonds is 6. The lowest BCUT2D eigenvalue weighted by atomic mass is 10.0. The molecule has 3 heterocycles. The summed E-state index contributed by atoms with van der Waals surface area (Å²) < 4.78 is 36.5. The Labute approximate surface area is 191 Å². The van der Waals surface area contributed by atoms with E-state index in [4.69, 9.17) is 9.84 Å². The van der Waals surface area contributed by atoms with E-state index in [9.17, 15) is 8.78 Å². The van der Waals surface area contributed by atoms with Crippen LogP contribution in [0.25, 0.3) is 22.4 Å². The average Bonchev–Trinajstić information content (AvgIpc) is 3.42. The van der Waals surface area contributed by atoms with Crippen molar-refractivity contribution in [2.24, 2.45) is 0 Å². The van der Waals surface area contributed by atoms with Crippen molar-refractivity contribution in [1.82, 2.24) is 14.8 Å². The molecular formula is C26H24F2N4O. The third-order valence-electron chi connectivity index (χ3n) is 5.87. The van der Waals surface area contributed by atoms with Crippen LogP contribution in [0.1, 0.15) is 30.9 Å².